The molecule has 0 unspecified atom stereocenters. The number of rotatable bonds is 6. The second-order valence-corrected chi connectivity index (χ2v) is 8.85. The van der Waals surface area contributed by atoms with E-state index in [2.05, 4.69) is 20.4 Å². The molecule has 0 aliphatic carbocycles. The quantitative estimate of drug-likeness (QED) is 0.485. The van der Waals surface area contributed by atoms with E-state index in [0.29, 0.717) is 17.1 Å². The molecule has 0 saturated heterocycles. The van der Waals surface area contributed by atoms with Crippen LogP contribution in [-0.2, 0) is 16.6 Å². The fourth-order valence-electron chi connectivity index (χ4n) is 2.78. The molecule has 4 aromatic rings. The molecule has 152 valence electrons. The number of hydrogen-bond acceptors (Lipinski definition) is 6. The minimum atomic E-state index is -3.98. The van der Waals surface area contributed by atoms with E-state index < -0.39 is 10.0 Å². The first-order valence-corrected chi connectivity index (χ1v) is 10.9. The van der Waals surface area contributed by atoms with Crippen molar-refractivity contribution in [2.45, 2.75) is 18.4 Å². The number of nitrogens with zero attached hydrogens (tertiary/aromatic N) is 4. The van der Waals surface area contributed by atoms with Crippen molar-refractivity contribution in [3.05, 3.63) is 89.2 Å². The zero-order valence-electron chi connectivity index (χ0n) is 16.0. The van der Waals surface area contributed by atoms with Crippen LogP contribution in [0, 0.1) is 6.92 Å². The number of aryl methyl sites for hydroxylation is 1. The summed E-state index contributed by atoms with van der Waals surface area (Å²) >= 11 is 5.90. The van der Waals surface area contributed by atoms with Crippen molar-refractivity contribution >= 4 is 27.6 Å². The minimum absolute atomic E-state index is 0.0629. The summed E-state index contributed by atoms with van der Waals surface area (Å²) in [5.41, 5.74) is 2.74. The van der Waals surface area contributed by atoms with Gasteiger partial charge in [0.2, 0.25) is 5.95 Å². The van der Waals surface area contributed by atoms with E-state index in [9.17, 15) is 8.42 Å². The fourth-order valence-corrected chi connectivity index (χ4v) is 4.11. The summed E-state index contributed by atoms with van der Waals surface area (Å²) in [7, 11) is -3.98. The molecule has 4 rings (SSSR count). The average molecular weight is 440 g/mol. The Labute approximate surface area is 179 Å². The lowest BCUT2D eigenvalue weighted by atomic mass is 10.1. The van der Waals surface area contributed by atoms with Gasteiger partial charge in [-0.2, -0.15) is 13.4 Å². The van der Waals surface area contributed by atoms with Crippen LogP contribution in [0.25, 0.3) is 11.4 Å². The van der Waals surface area contributed by atoms with Gasteiger partial charge in [-0.25, -0.2) is 0 Å². The lowest BCUT2D eigenvalue weighted by molar-refractivity contribution is 0.580. The zero-order valence-corrected chi connectivity index (χ0v) is 17.6. The highest BCUT2D eigenvalue weighted by Gasteiger charge is 2.24. The lowest BCUT2D eigenvalue weighted by Crippen LogP contribution is -2.18. The topological polar surface area (TPSA) is 89.8 Å². The maximum atomic E-state index is 13.2. The third-order valence-corrected chi connectivity index (χ3v) is 6.24. The highest BCUT2D eigenvalue weighted by molar-refractivity contribution is 7.90. The van der Waals surface area contributed by atoms with E-state index in [1.807, 2.05) is 31.2 Å². The molecule has 0 aliphatic rings. The van der Waals surface area contributed by atoms with Crippen molar-refractivity contribution in [2.24, 2.45) is 0 Å². The van der Waals surface area contributed by atoms with Gasteiger partial charge in [0.05, 0.1) is 4.90 Å². The van der Waals surface area contributed by atoms with Gasteiger partial charge in [-0.1, -0.05) is 41.4 Å². The Balaban J connectivity index is 1.74. The standard InChI is InChI=1S/C21H18ClN5O2S/c1-15-4-6-16(7-5-15)13-24-21-25-20(17-3-2-12-23-14-17)26-27(21)30(28,29)19-10-8-18(22)9-11-19/h2-12,14H,13H2,1H3,(H,24,25,26). The highest BCUT2D eigenvalue weighted by atomic mass is 35.5. The lowest BCUT2D eigenvalue weighted by Gasteiger charge is -2.09. The molecular weight excluding hydrogens is 422 g/mol. The van der Waals surface area contributed by atoms with Crippen molar-refractivity contribution < 1.29 is 8.42 Å². The Hall–Kier alpha value is -3.23. The molecular formula is C21H18ClN5O2S. The molecule has 0 amide bonds. The van der Waals surface area contributed by atoms with Crippen LogP contribution in [0.3, 0.4) is 0 Å². The van der Waals surface area contributed by atoms with Gasteiger partial charge in [0.25, 0.3) is 10.0 Å². The summed E-state index contributed by atoms with van der Waals surface area (Å²) in [4.78, 5) is 8.54. The monoisotopic (exact) mass is 439 g/mol. The van der Waals surface area contributed by atoms with Crippen LogP contribution >= 0.6 is 11.6 Å². The minimum Gasteiger partial charge on any atom is -0.349 e. The van der Waals surface area contributed by atoms with E-state index >= 15 is 0 Å². The van der Waals surface area contributed by atoms with Gasteiger partial charge in [-0.05, 0) is 48.9 Å². The van der Waals surface area contributed by atoms with E-state index in [1.54, 1.807) is 24.5 Å². The maximum Gasteiger partial charge on any atom is 0.286 e. The molecule has 0 atom stereocenters. The Kier molecular flexibility index (Phi) is 5.52. The van der Waals surface area contributed by atoms with Crippen molar-refractivity contribution in [3.8, 4) is 11.4 Å². The normalized spacial score (nSPS) is 11.4. The second kappa shape index (κ2) is 8.25. The van der Waals surface area contributed by atoms with Gasteiger partial charge in [0, 0.05) is 29.5 Å². The highest BCUT2D eigenvalue weighted by Crippen LogP contribution is 2.23. The van der Waals surface area contributed by atoms with Gasteiger partial charge in [0.1, 0.15) is 0 Å². The van der Waals surface area contributed by atoms with Crippen LogP contribution in [0.5, 0.6) is 0 Å². The van der Waals surface area contributed by atoms with Crippen LogP contribution in [0.1, 0.15) is 11.1 Å². The first-order chi connectivity index (χ1) is 14.4. The second-order valence-electron chi connectivity index (χ2n) is 6.64. The Morgan fingerprint density at radius 2 is 1.77 bits per heavy atom. The van der Waals surface area contributed by atoms with E-state index in [1.165, 1.54) is 24.3 Å². The summed E-state index contributed by atoms with van der Waals surface area (Å²) in [5, 5.41) is 7.80. The SMILES string of the molecule is Cc1ccc(CNc2nc(-c3cccnc3)nn2S(=O)(=O)c2ccc(Cl)cc2)cc1. The van der Waals surface area contributed by atoms with Gasteiger partial charge < -0.3 is 5.32 Å². The molecule has 2 aromatic heterocycles. The molecule has 9 heteroatoms. The molecule has 0 aliphatic heterocycles. The zero-order chi connectivity index (χ0) is 21.1. The predicted molar refractivity (Wildman–Crippen MR) is 116 cm³/mol. The molecule has 2 aromatic carbocycles. The van der Waals surface area contributed by atoms with Gasteiger partial charge in [-0.15, -0.1) is 9.19 Å². The summed E-state index contributed by atoms with van der Waals surface area (Å²) in [6.45, 7) is 2.40. The largest absolute Gasteiger partial charge is 0.349 e. The molecule has 30 heavy (non-hydrogen) atoms. The number of aromatic nitrogens is 4. The summed E-state index contributed by atoms with van der Waals surface area (Å²) in [6, 6.07) is 17.4. The van der Waals surface area contributed by atoms with Crippen LogP contribution in [0.4, 0.5) is 5.95 Å². The number of benzene rings is 2. The number of halogens is 1. The van der Waals surface area contributed by atoms with Crippen LogP contribution in [-0.4, -0.2) is 27.6 Å². The van der Waals surface area contributed by atoms with Gasteiger partial charge in [-0.3, -0.25) is 4.98 Å². The molecule has 1 N–H and O–H groups in total. The third kappa shape index (κ3) is 4.19. The van der Waals surface area contributed by atoms with Crippen molar-refractivity contribution in [2.75, 3.05) is 5.32 Å². The first kappa shape index (κ1) is 20.1. The Bertz CT molecular complexity index is 1260. The third-order valence-electron chi connectivity index (χ3n) is 4.41. The fraction of sp³-hybridized carbons (Fsp3) is 0.0952. The van der Waals surface area contributed by atoms with E-state index in [-0.39, 0.29) is 16.7 Å². The summed E-state index contributed by atoms with van der Waals surface area (Å²) in [5.74, 6) is 0.372. The van der Waals surface area contributed by atoms with E-state index in [0.717, 1.165) is 15.2 Å². The van der Waals surface area contributed by atoms with Crippen molar-refractivity contribution in [1.29, 1.82) is 0 Å². The van der Waals surface area contributed by atoms with Crippen LogP contribution in [0.15, 0.2) is 78.0 Å². The number of pyridine rings is 1. The molecule has 2 heterocycles. The molecule has 0 bridgehead atoms. The molecule has 0 spiro atoms. The van der Waals surface area contributed by atoms with Crippen LogP contribution in [0.2, 0.25) is 5.02 Å². The Morgan fingerprint density at radius 1 is 1.03 bits per heavy atom. The van der Waals surface area contributed by atoms with E-state index in [4.69, 9.17) is 11.6 Å². The van der Waals surface area contributed by atoms with Crippen molar-refractivity contribution in [3.63, 3.8) is 0 Å². The van der Waals surface area contributed by atoms with Crippen LogP contribution < -0.4 is 5.32 Å². The maximum absolute atomic E-state index is 13.2. The van der Waals surface area contributed by atoms with Gasteiger partial charge >= 0.3 is 0 Å². The molecule has 0 saturated carbocycles. The van der Waals surface area contributed by atoms with Crippen molar-refractivity contribution in [1.82, 2.24) is 19.2 Å². The summed E-state index contributed by atoms with van der Waals surface area (Å²) < 4.78 is 27.4. The smallest absolute Gasteiger partial charge is 0.286 e. The predicted octanol–water partition coefficient (Wildman–Crippen LogP) is 4.15. The number of anilines is 1. The molecule has 7 nitrogen and oxygen atoms in total. The van der Waals surface area contributed by atoms with Gasteiger partial charge in [0.15, 0.2) is 5.82 Å². The molecule has 0 radical (unpaired) electrons. The number of nitrogens with one attached hydrogen (secondary N) is 1. The number of hydrogen-bond donors (Lipinski definition) is 1. The molecule has 0 fully saturated rings. The average Bonchev–Trinajstić information content (AvgIpc) is 3.20. The first-order valence-electron chi connectivity index (χ1n) is 9.11. The Morgan fingerprint density at radius 3 is 2.43 bits per heavy atom. The summed E-state index contributed by atoms with van der Waals surface area (Å²) in [6.07, 6.45) is 3.21.